The summed E-state index contributed by atoms with van der Waals surface area (Å²) in [6.45, 7) is 2.93. The molecule has 25 heavy (non-hydrogen) atoms. The molecule has 1 heterocycles. The van der Waals surface area contributed by atoms with Crippen LogP contribution in [0.3, 0.4) is 0 Å². The third-order valence-electron chi connectivity index (χ3n) is 3.04. The van der Waals surface area contributed by atoms with Crippen LogP contribution in [0.5, 0.6) is 0 Å². The summed E-state index contributed by atoms with van der Waals surface area (Å²) in [6.07, 6.45) is -7.06. The second kappa shape index (κ2) is 9.54. The minimum Gasteiger partial charge on any atom is -0.463 e. The molecule has 0 amide bonds. The Labute approximate surface area is 148 Å². The van der Waals surface area contributed by atoms with Crippen LogP contribution in [0.1, 0.15) is 20.8 Å². The highest BCUT2D eigenvalue weighted by molar-refractivity contribution is 6.26. The van der Waals surface area contributed by atoms with Crippen LogP contribution < -0.4 is 0 Å². The molecule has 1 rings (SSSR count). The highest BCUT2D eigenvalue weighted by Crippen LogP contribution is 2.28. The maximum atomic E-state index is 11.4. The maximum absolute atomic E-state index is 11.4. The van der Waals surface area contributed by atoms with Gasteiger partial charge < -0.3 is 28.8 Å². The molecular weight excluding hydrogens is 364 g/mol. The van der Waals surface area contributed by atoms with Gasteiger partial charge in [0.15, 0.2) is 24.6 Å². The number of ether oxygens (including phenoxy) is 5. The predicted octanol–water partition coefficient (Wildman–Crippen LogP) is -0.719. The Kier molecular flexibility index (Phi) is 8.07. The zero-order chi connectivity index (χ0) is 19.1. The summed E-state index contributed by atoms with van der Waals surface area (Å²) in [7, 11) is 0. The van der Waals surface area contributed by atoms with E-state index in [1.54, 1.807) is 0 Å². The van der Waals surface area contributed by atoms with E-state index < -0.39 is 67.1 Å². The minimum atomic E-state index is -1.73. The van der Waals surface area contributed by atoms with Crippen molar-refractivity contribution in [1.29, 1.82) is 0 Å². The van der Waals surface area contributed by atoms with Gasteiger partial charge in [0.05, 0.1) is 0 Å². The van der Waals surface area contributed by atoms with Gasteiger partial charge in [0, 0.05) is 20.8 Å². The van der Waals surface area contributed by atoms with Gasteiger partial charge >= 0.3 is 23.9 Å². The van der Waals surface area contributed by atoms with Crippen molar-refractivity contribution in [2.24, 2.45) is 0 Å². The molecular formula is C14H19ClO10. The lowest BCUT2D eigenvalue weighted by atomic mass is 9.98. The fourth-order valence-electron chi connectivity index (χ4n) is 2.20. The molecule has 1 fully saturated rings. The van der Waals surface area contributed by atoms with Crippen molar-refractivity contribution in [3.8, 4) is 0 Å². The zero-order valence-electron chi connectivity index (χ0n) is 13.8. The third-order valence-corrected chi connectivity index (χ3v) is 3.26. The maximum Gasteiger partial charge on any atom is 0.321 e. The summed E-state index contributed by atoms with van der Waals surface area (Å²) >= 11 is 5.36. The first-order chi connectivity index (χ1) is 11.6. The molecule has 5 atom stereocenters. The number of carbonyl (C=O) groups is 4. The van der Waals surface area contributed by atoms with E-state index in [9.17, 15) is 24.3 Å². The van der Waals surface area contributed by atoms with Gasteiger partial charge in [0.1, 0.15) is 18.6 Å². The van der Waals surface area contributed by atoms with Crippen LogP contribution >= 0.6 is 11.6 Å². The van der Waals surface area contributed by atoms with E-state index in [2.05, 4.69) is 0 Å². The number of carbonyl (C=O) groups excluding carboxylic acids is 4. The molecule has 1 saturated heterocycles. The van der Waals surface area contributed by atoms with Gasteiger partial charge in [-0.15, -0.1) is 11.6 Å². The van der Waals surface area contributed by atoms with Crippen LogP contribution in [0.4, 0.5) is 0 Å². The molecule has 1 aliphatic rings. The van der Waals surface area contributed by atoms with Crippen LogP contribution in [-0.4, -0.2) is 72.2 Å². The van der Waals surface area contributed by atoms with Crippen LogP contribution in [0, 0.1) is 0 Å². The number of hydrogen-bond donors (Lipinski definition) is 1. The average Bonchev–Trinajstić information content (AvgIpc) is 2.50. The average molecular weight is 383 g/mol. The molecule has 0 aromatic heterocycles. The molecule has 0 aromatic carbocycles. The highest BCUT2D eigenvalue weighted by Gasteiger charge is 2.51. The predicted molar refractivity (Wildman–Crippen MR) is 79.2 cm³/mol. The van der Waals surface area contributed by atoms with E-state index >= 15 is 0 Å². The largest absolute Gasteiger partial charge is 0.463 e. The highest BCUT2D eigenvalue weighted by atomic mass is 35.5. The van der Waals surface area contributed by atoms with Crippen molar-refractivity contribution in [3.63, 3.8) is 0 Å². The Balaban J connectivity index is 3.12. The Bertz CT molecular complexity index is 522. The van der Waals surface area contributed by atoms with E-state index in [4.69, 9.17) is 35.3 Å². The van der Waals surface area contributed by atoms with Gasteiger partial charge in [0.25, 0.3) is 0 Å². The minimum absolute atomic E-state index is 0.391. The smallest absolute Gasteiger partial charge is 0.321 e. The number of aliphatic hydroxyl groups is 1. The topological polar surface area (TPSA) is 135 Å². The first-order valence-corrected chi connectivity index (χ1v) is 7.76. The van der Waals surface area contributed by atoms with Crippen molar-refractivity contribution in [1.82, 2.24) is 0 Å². The van der Waals surface area contributed by atoms with E-state index in [0.717, 1.165) is 20.8 Å². The molecule has 0 bridgehead atoms. The number of esters is 4. The zero-order valence-corrected chi connectivity index (χ0v) is 14.6. The molecule has 0 unspecified atom stereocenters. The fraction of sp³-hybridized carbons (Fsp3) is 0.714. The van der Waals surface area contributed by atoms with Gasteiger partial charge in [-0.05, 0) is 0 Å². The summed E-state index contributed by atoms with van der Waals surface area (Å²) in [5.41, 5.74) is 0. The molecule has 142 valence electrons. The van der Waals surface area contributed by atoms with Gasteiger partial charge in [-0.25, -0.2) is 0 Å². The van der Waals surface area contributed by atoms with E-state index in [1.165, 1.54) is 0 Å². The second-order valence-corrected chi connectivity index (χ2v) is 5.37. The van der Waals surface area contributed by atoms with Crippen molar-refractivity contribution in [3.05, 3.63) is 0 Å². The summed E-state index contributed by atoms with van der Waals surface area (Å²) < 4.78 is 25.1. The first-order valence-electron chi connectivity index (χ1n) is 7.22. The number of aliphatic hydroxyl groups excluding tert-OH is 1. The summed E-state index contributed by atoms with van der Waals surface area (Å²) in [5, 5.41) is 10.1. The lowest BCUT2D eigenvalue weighted by molar-refractivity contribution is -0.296. The van der Waals surface area contributed by atoms with Crippen molar-refractivity contribution in [2.45, 2.75) is 51.5 Å². The SMILES string of the molecule is CC(=O)OC[C@H]1O[C@H](O)[C@H](OC(=O)CCl)[C@@H](OC(C)=O)[C@@H]1OC(C)=O. The molecule has 11 heteroatoms. The third kappa shape index (κ3) is 6.48. The van der Waals surface area contributed by atoms with Crippen LogP contribution in [0.25, 0.3) is 0 Å². The van der Waals surface area contributed by atoms with Crippen LogP contribution in [0.2, 0.25) is 0 Å². The van der Waals surface area contributed by atoms with Gasteiger partial charge in [-0.2, -0.15) is 0 Å². The fourth-order valence-corrected chi connectivity index (χ4v) is 2.26. The van der Waals surface area contributed by atoms with E-state index in [-0.39, 0.29) is 0 Å². The van der Waals surface area contributed by atoms with Crippen molar-refractivity contribution >= 4 is 35.5 Å². The Morgan fingerprint density at radius 2 is 1.48 bits per heavy atom. The number of halogens is 1. The summed E-state index contributed by atoms with van der Waals surface area (Å²) in [4.78, 5) is 45.2. The lowest BCUT2D eigenvalue weighted by Crippen LogP contribution is -2.62. The monoisotopic (exact) mass is 382 g/mol. The molecule has 0 aliphatic carbocycles. The summed E-state index contributed by atoms with van der Waals surface area (Å²) in [5.74, 6) is -3.61. The first kappa shape index (κ1) is 21.1. The molecule has 0 saturated carbocycles. The van der Waals surface area contributed by atoms with Gasteiger partial charge in [-0.3, -0.25) is 19.2 Å². The molecule has 0 spiro atoms. The van der Waals surface area contributed by atoms with Gasteiger partial charge in [-0.1, -0.05) is 0 Å². The quantitative estimate of drug-likeness (QED) is 0.356. The van der Waals surface area contributed by atoms with Crippen LogP contribution in [-0.2, 0) is 42.9 Å². The molecule has 10 nitrogen and oxygen atoms in total. The van der Waals surface area contributed by atoms with E-state index in [1.807, 2.05) is 0 Å². The Morgan fingerprint density at radius 1 is 0.920 bits per heavy atom. The number of rotatable bonds is 6. The van der Waals surface area contributed by atoms with Crippen molar-refractivity contribution < 1.29 is 48.0 Å². The normalized spacial score (nSPS) is 28.6. The second-order valence-electron chi connectivity index (χ2n) is 5.10. The number of hydrogen-bond acceptors (Lipinski definition) is 10. The molecule has 0 radical (unpaired) electrons. The Hall–Kier alpha value is -1.91. The summed E-state index contributed by atoms with van der Waals surface area (Å²) in [6, 6.07) is 0. The molecule has 0 aromatic rings. The van der Waals surface area contributed by atoms with Gasteiger partial charge in [0.2, 0.25) is 0 Å². The standard InChI is InChI=1S/C14H19ClO10/c1-6(16)21-5-9-11(22-7(2)17)12(23-8(3)18)13(14(20)24-9)25-10(19)4-15/h9,11-14,20H,4-5H2,1-3H3/t9-,11-,12+,13-,14+/m1/s1. The molecule has 1 aliphatic heterocycles. The van der Waals surface area contributed by atoms with E-state index in [0.29, 0.717) is 0 Å². The van der Waals surface area contributed by atoms with Crippen LogP contribution in [0.15, 0.2) is 0 Å². The molecule has 1 N–H and O–H groups in total. The lowest BCUT2D eigenvalue weighted by Gasteiger charge is -2.42. The Morgan fingerprint density at radius 3 is 1.96 bits per heavy atom. The number of alkyl halides is 1. The van der Waals surface area contributed by atoms with Crippen molar-refractivity contribution in [2.75, 3.05) is 12.5 Å².